The summed E-state index contributed by atoms with van der Waals surface area (Å²) in [6.45, 7) is 6.69. The SMILES string of the molecule is CN(c1nc(OC[C@@]23CCCN2C[C@H](F)C3)nc2cc(-c3ccc(F)c4sc(NC(=O)OC(C)(C)C)c(C#N)c34)c(C(F)(F)F)cc12)[C@H]1CN(Cc2ccccc2)C[C@H]1F. The van der Waals surface area contributed by atoms with Crippen LogP contribution in [-0.2, 0) is 17.5 Å². The number of likely N-dealkylation sites (N-methyl/N-ethyl adjacent to an activating group) is 1. The minimum absolute atomic E-state index is 0.00169. The zero-order valence-electron chi connectivity index (χ0n) is 33.4. The second-order valence-electron chi connectivity index (χ2n) is 16.8. The number of hydrogen-bond donors (Lipinski definition) is 1. The molecule has 0 aliphatic carbocycles. The van der Waals surface area contributed by atoms with Crippen molar-refractivity contribution in [2.45, 2.75) is 82.3 Å². The molecular weight excluding hydrogens is 809 g/mol. The van der Waals surface area contributed by atoms with Crippen molar-refractivity contribution >= 4 is 49.2 Å². The fourth-order valence-corrected chi connectivity index (χ4v) is 9.95. The van der Waals surface area contributed by atoms with Crippen LogP contribution in [0.3, 0.4) is 0 Å². The summed E-state index contributed by atoms with van der Waals surface area (Å²) in [6.07, 6.45) is -6.57. The van der Waals surface area contributed by atoms with Crippen molar-refractivity contribution in [3.05, 3.63) is 77.1 Å². The van der Waals surface area contributed by atoms with E-state index in [0.717, 1.165) is 30.2 Å². The van der Waals surface area contributed by atoms with E-state index in [2.05, 4.69) is 15.3 Å². The first-order valence-corrected chi connectivity index (χ1v) is 20.5. The lowest BCUT2D eigenvalue weighted by molar-refractivity contribution is -0.137. The molecule has 0 spiro atoms. The molecule has 5 aromatic rings. The van der Waals surface area contributed by atoms with E-state index in [0.29, 0.717) is 30.8 Å². The number of halogens is 6. The predicted molar refractivity (Wildman–Crippen MR) is 217 cm³/mol. The number of carbonyl (C=O) groups excluding carboxylic acids is 1. The van der Waals surface area contributed by atoms with Gasteiger partial charge in [0.15, 0.2) is 0 Å². The Hall–Kier alpha value is -5.18. The van der Waals surface area contributed by atoms with Crippen LogP contribution in [0.1, 0.15) is 56.7 Å². The molecule has 3 aliphatic heterocycles. The van der Waals surface area contributed by atoms with Gasteiger partial charge in [-0.05, 0) is 75.0 Å². The molecule has 3 aromatic carbocycles. The monoisotopic (exact) mass is 851 g/mol. The van der Waals surface area contributed by atoms with Crippen molar-refractivity contribution in [3.8, 4) is 23.2 Å². The van der Waals surface area contributed by atoms with E-state index < -0.39 is 58.7 Å². The van der Waals surface area contributed by atoms with Gasteiger partial charge in [0.1, 0.15) is 47.3 Å². The highest BCUT2D eigenvalue weighted by atomic mass is 32.1. The van der Waals surface area contributed by atoms with Crippen LogP contribution in [0.15, 0.2) is 54.6 Å². The average Bonchev–Trinajstić information content (AvgIpc) is 3.93. The number of nitriles is 1. The van der Waals surface area contributed by atoms with Crippen LogP contribution in [0.5, 0.6) is 6.01 Å². The number of carbonyl (C=O) groups is 1. The van der Waals surface area contributed by atoms with Gasteiger partial charge in [0.05, 0.1) is 32.9 Å². The zero-order chi connectivity index (χ0) is 42.7. The number of nitrogens with zero attached hydrogens (tertiary/aromatic N) is 6. The maximum atomic E-state index is 16.0. The number of hydrogen-bond acceptors (Lipinski definition) is 10. The maximum absolute atomic E-state index is 16.0. The van der Waals surface area contributed by atoms with Crippen molar-refractivity contribution in [2.24, 2.45) is 0 Å². The van der Waals surface area contributed by atoms with E-state index in [1.165, 1.54) is 11.0 Å². The van der Waals surface area contributed by atoms with Crippen LogP contribution >= 0.6 is 11.3 Å². The topological polar surface area (TPSA) is 107 Å². The smallest absolute Gasteiger partial charge is 0.417 e. The van der Waals surface area contributed by atoms with Gasteiger partial charge in [-0.15, -0.1) is 11.3 Å². The molecule has 0 radical (unpaired) electrons. The van der Waals surface area contributed by atoms with Crippen molar-refractivity contribution in [2.75, 3.05) is 50.1 Å². The van der Waals surface area contributed by atoms with Gasteiger partial charge in [-0.3, -0.25) is 15.1 Å². The van der Waals surface area contributed by atoms with Gasteiger partial charge in [0, 0.05) is 50.4 Å². The summed E-state index contributed by atoms with van der Waals surface area (Å²) in [5.74, 6) is -0.816. The number of likely N-dealkylation sites (tertiary alicyclic amines) is 1. The Morgan fingerprint density at radius 2 is 1.83 bits per heavy atom. The van der Waals surface area contributed by atoms with Gasteiger partial charge in [0.2, 0.25) is 0 Å². The Kier molecular flexibility index (Phi) is 10.9. The van der Waals surface area contributed by atoms with Gasteiger partial charge in [-0.2, -0.15) is 28.4 Å². The number of ether oxygens (including phenoxy) is 2. The van der Waals surface area contributed by atoms with Crippen LogP contribution in [0.2, 0.25) is 0 Å². The van der Waals surface area contributed by atoms with Crippen LogP contribution in [0.25, 0.3) is 32.1 Å². The normalized spacial score (nSPS) is 22.3. The fourth-order valence-electron chi connectivity index (χ4n) is 8.88. The van der Waals surface area contributed by atoms with E-state index in [-0.39, 0.29) is 81.6 Å². The lowest BCUT2D eigenvalue weighted by atomic mass is 9.93. The molecule has 3 saturated heterocycles. The van der Waals surface area contributed by atoms with Crippen molar-refractivity contribution in [3.63, 3.8) is 0 Å². The molecule has 8 rings (SSSR count). The molecule has 4 atom stereocenters. The van der Waals surface area contributed by atoms with Gasteiger partial charge >= 0.3 is 18.3 Å². The summed E-state index contributed by atoms with van der Waals surface area (Å²) in [7, 11) is 1.57. The largest absolute Gasteiger partial charge is 0.461 e. The number of rotatable bonds is 9. The third-order valence-corrected chi connectivity index (χ3v) is 12.6. The maximum Gasteiger partial charge on any atom is 0.417 e. The first-order valence-electron chi connectivity index (χ1n) is 19.7. The minimum atomic E-state index is -4.99. The molecule has 2 aromatic heterocycles. The third-order valence-electron chi connectivity index (χ3n) is 11.5. The van der Waals surface area contributed by atoms with Crippen LogP contribution < -0.4 is 15.0 Å². The molecular formula is C43H43F6N7O3S. The molecule has 1 amide bonds. The summed E-state index contributed by atoms with van der Waals surface area (Å²) in [6, 6.07) is 14.7. The first kappa shape index (κ1) is 41.5. The number of thiophene rings is 1. The average molecular weight is 852 g/mol. The van der Waals surface area contributed by atoms with E-state index in [4.69, 9.17) is 9.47 Å². The second-order valence-corrected chi connectivity index (χ2v) is 17.8. The lowest BCUT2D eigenvalue weighted by Crippen LogP contribution is -2.43. The molecule has 0 saturated carbocycles. The molecule has 17 heteroatoms. The highest BCUT2D eigenvalue weighted by Gasteiger charge is 2.49. The highest BCUT2D eigenvalue weighted by Crippen LogP contribution is 2.48. The van der Waals surface area contributed by atoms with E-state index in [1.54, 1.807) is 27.8 Å². The Morgan fingerprint density at radius 1 is 1.07 bits per heavy atom. The molecule has 1 N–H and O–H groups in total. The predicted octanol–water partition coefficient (Wildman–Crippen LogP) is 9.50. The minimum Gasteiger partial charge on any atom is -0.461 e. The van der Waals surface area contributed by atoms with E-state index in [1.807, 2.05) is 46.2 Å². The molecule has 5 heterocycles. The van der Waals surface area contributed by atoms with E-state index in [9.17, 15) is 14.4 Å². The number of amides is 1. The number of aromatic nitrogens is 2. The molecule has 60 heavy (non-hydrogen) atoms. The standard InChI is InChI=1S/C43H43F6N7O3S/c1-41(2,3)59-40(57)53-38-29(18-50)35-26(11-12-31(45)36(35)60-38)27-16-33-28(15-30(27)43(47,48)49)37(52-39(51-33)58-23-42-13-8-14-56(42)20-25(44)17-42)54(4)34-22-55(21-32(34)46)19-24-9-6-5-7-10-24/h5-7,9-12,15-16,25,32,34H,8,13-14,17,19-23H2,1-4H3,(H,53,57)/t25-,32-,34+,42+/m1/s1. The number of anilines is 2. The van der Waals surface area contributed by atoms with Crippen LogP contribution in [0.4, 0.5) is 42.0 Å². The lowest BCUT2D eigenvalue weighted by Gasteiger charge is -2.31. The highest BCUT2D eigenvalue weighted by molar-refractivity contribution is 7.23. The summed E-state index contributed by atoms with van der Waals surface area (Å²) < 4.78 is 104. The van der Waals surface area contributed by atoms with Gasteiger partial charge in [-0.25, -0.2) is 18.0 Å². The van der Waals surface area contributed by atoms with Gasteiger partial charge < -0.3 is 14.4 Å². The summed E-state index contributed by atoms with van der Waals surface area (Å²) >= 11 is 0.691. The molecule has 0 bridgehead atoms. The molecule has 0 unspecified atom stereocenters. The molecule has 3 fully saturated rings. The van der Waals surface area contributed by atoms with Crippen molar-refractivity contribution in [1.82, 2.24) is 19.8 Å². The molecule has 3 aliphatic rings. The zero-order valence-corrected chi connectivity index (χ0v) is 34.2. The number of nitrogens with one attached hydrogen (secondary N) is 1. The Bertz CT molecular complexity index is 2490. The summed E-state index contributed by atoms with van der Waals surface area (Å²) in [5, 5.41) is 12.5. The van der Waals surface area contributed by atoms with Crippen molar-refractivity contribution < 1.29 is 40.6 Å². The van der Waals surface area contributed by atoms with Crippen LogP contribution in [0, 0.1) is 17.1 Å². The number of alkyl halides is 5. The Labute approximate surface area is 346 Å². The second kappa shape index (κ2) is 15.7. The Morgan fingerprint density at radius 3 is 2.55 bits per heavy atom. The summed E-state index contributed by atoms with van der Waals surface area (Å²) in [4.78, 5) is 27.5. The summed E-state index contributed by atoms with van der Waals surface area (Å²) in [5.41, 5.74) is -2.48. The number of benzene rings is 3. The van der Waals surface area contributed by atoms with Gasteiger partial charge in [-0.1, -0.05) is 36.4 Å². The molecule has 316 valence electrons. The fraction of sp³-hybridized carbons (Fsp3) is 0.442. The first-order chi connectivity index (χ1) is 28.4. The van der Waals surface area contributed by atoms with Crippen molar-refractivity contribution in [1.29, 1.82) is 5.26 Å². The number of fused-ring (bicyclic) bond motifs is 3. The van der Waals surface area contributed by atoms with E-state index >= 15 is 22.0 Å². The Balaban J connectivity index is 1.26. The quantitative estimate of drug-likeness (QED) is 0.145. The van der Waals surface area contributed by atoms with Gasteiger partial charge in [0.25, 0.3) is 0 Å². The molecule has 10 nitrogen and oxygen atoms in total. The van der Waals surface area contributed by atoms with Crippen LogP contribution in [-0.4, -0.2) is 95.2 Å². The third kappa shape index (κ3) is 8.04.